The molecule has 7 heteroatoms. The van der Waals surface area contributed by atoms with E-state index in [2.05, 4.69) is 25.3 Å². The molecule has 0 amide bonds. The Morgan fingerprint density at radius 2 is 1.61 bits per heavy atom. The van der Waals surface area contributed by atoms with Crippen molar-refractivity contribution in [2.45, 2.75) is 20.8 Å². The molecule has 0 saturated heterocycles. The number of carbonyl (C=O) groups is 2. The molecular formula is C16H22IN2O4+. The summed E-state index contributed by atoms with van der Waals surface area (Å²) in [6.45, 7) is 7.83. The molecule has 0 fully saturated rings. The molecule has 0 aliphatic carbocycles. The van der Waals surface area contributed by atoms with Gasteiger partial charge in [-0.2, -0.15) is 0 Å². The minimum Gasteiger partial charge on any atom is -1.00 e. The van der Waals surface area contributed by atoms with Crippen LogP contribution >= 0.6 is 0 Å². The average molecular weight is 433 g/mol. The molecule has 0 radical (unpaired) electrons. The van der Waals surface area contributed by atoms with Gasteiger partial charge in [-0.1, -0.05) is 0 Å². The van der Waals surface area contributed by atoms with Crippen molar-refractivity contribution in [3.63, 3.8) is 0 Å². The molecule has 0 aromatic heterocycles. The van der Waals surface area contributed by atoms with Crippen LogP contribution in [0.1, 0.15) is 41.5 Å². The van der Waals surface area contributed by atoms with Gasteiger partial charge in [0.25, 0.3) is 5.69 Å². The highest BCUT2D eigenvalue weighted by Crippen LogP contribution is 2.30. The number of hydrogen-bond acceptors (Lipinski definition) is 4. The predicted octanol–water partition coefficient (Wildman–Crippen LogP) is -2.10. The fourth-order valence-electron chi connectivity index (χ4n) is 3.00. The zero-order valence-electron chi connectivity index (χ0n) is 14.0. The monoisotopic (exact) mass is 433 g/mol. The SMILES string of the molecule is CC[N+]1=C(C)[NH+](CC)c2cc(C(=O)OC)c(C(=O)OC)cc21.[I-]. The third-order valence-electron chi connectivity index (χ3n) is 4.07. The summed E-state index contributed by atoms with van der Waals surface area (Å²) in [7, 11) is 2.60. The lowest BCUT2D eigenvalue weighted by Gasteiger charge is -2.09. The van der Waals surface area contributed by atoms with Crippen LogP contribution in [0, 0.1) is 0 Å². The number of nitrogens with one attached hydrogen (secondary N) is 1. The fourth-order valence-corrected chi connectivity index (χ4v) is 3.00. The number of amidine groups is 1. The van der Waals surface area contributed by atoms with E-state index in [1.54, 1.807) is 12.1 Å². The molecule has 126 valence electrons. The quantitative estimate of drug-likeness (QED) is 0.336. The van der Waals surface area contributed by atoms with Gasteiger partial charge in [0.15, 0.2) is 6.54 Å². The van der Waals surface area contributed by atoms with Crippen molar-refractivity contribution in [3.05, 3.63) is 23.3 Å². The maximum atomic E-state index is 12.0. The Balaban J connectivity index is 0.00000264. The summed E-state index contributed by atoms with van der Waals surface area (Å²) in [6, 6.07) is 3.47. The lowest BCUT2D eigenvalue weighted by Crippen LogP contribution is -3.08. The van der Waals surface area contributed by atoms with E-state index in [-0.39, 0.29) is 35.1 Å². The molecule has 1 N–H and O–H groups in total. The maximum Gasteiger partial charge on any atom is 0.344 e. The fraction of sp³-hybridized carbons (Fsp3) is 0.438. The van der Waals surface area contributed by atoms with Crippen LogP contribution in [-0.4, -0.2) is 49.7 Å². The summed E-state index contributed by atoms with van der Waals surface area (Å²) < 4.78 is 11.7. The first-order valence-electron chi connectivity index (χ1n) is 7.32. The Labute approximate surface area is 153 Å². The normalized spacial score (nSPS) is 15.8. The van der Waals surface area contributed by atoms with Crippen molar-refractivity contribution in [1.29, 1.82) is 0 Å². The van der Waals surface area contributed by atoms with Gasteiger partial charge in [-0.15, -0.1) is 4.58 Å². The van der Waals surface area contributed by atoms with Crippen molar-refractivity contribution >= 4 is 29.1 Å². The summed E-state index contributed by atoms with van der Waals surface area (Å²) in [5.41, 5.74) is 2.39. The highest BCUT2D eigenvalue weighted by Gasteiger charge is 2.40. The molecule has 0 spiro atoms. The molecule has 6 nitrogen and oxygen atoms in total. The van der Waals surface area contributed by atoms with Gasteiger partial charge >= 0.3 is 17.8 Å². The van der Waals surface area contributed by atoms with Gasteiger partial charge < -0.3 is 33.5 Å². The molecule has 1 aliphatic heterocycles. The Bertz CT molecular complexity index is 670. The molecule has 0 bridgehead atoms. The zero-order chi connectivity index (χ0) is 16.4. The molecule has 1 aromatic carbocycles. The average Bonchev–Trinajstić information content (AvgIpc) is 2.81. The third-order valence-corrected chi connectivity index (χ3v) is 4.07. The Morgan fingerprint density at radius 1 is 1.09 bits per heavy atom. The summed E-state index contributed by atoms with van der Waals surface area (Å²) >= 11 is 0. The molecular weight excluding hydrogens is 411 g/mol. The van der Waals surface area contributed by atoms with Gasteiger partial charge in [-0.25, -0.2) is 14.5 Å². The smallest absolute Gasteiger partial charge is 0.344 e. The minimum absolute atomic E-state index is 0. The van der Waals surface area contributed by atoms with E-state index in [4.69, 9.17) is 9.47 Å². The van der Waals surface area contributed by atoms with Crippen LogP contribution in [0.2, 0.25) is 0 Å². The highest BCUT2D eigenvalue weighted by atomic mass is 127. The number of halogens is 1. The van der Waals surface area contributed by atoms with Crippen LogP contribution in [0.5, 0.6) is 0 Å². The lowest BCUT2D eigenvalue weighted by atomic mass is 10.0. The van der Waals surface area contributed by atoms with Crippen LogP contribution in [0.3, 0.4) is 0 Å². The molecule has 0 saturated carbocycles. The Kier molecular flexibility index (Phi) is 6.69. The van der Waals surface area contributed by atoms with Crippen molar-refractivity contribution in [3.8, 4) is 0 Å². The Morgan fingerprint density at radius 3 is 2.04 bits per heavy atom. The second kappa shape index (κ2) is 7.87. The van der Waals surface area contributed by atoms with E-state index < -0.39 is 11.9 Å². The topological polar surface area (TPSA) is 60.0 Å². The highest BCUT2D eigenvalue weighted by molar-refractivity contribution is 6.05. The maximum absolute atomic E-state index is 12.0. The second-order valence-corrected chi connectivity index (χ2v) is 5.06. The van der Waals surface area contributed by atoms with Gasteiger partial charge in [0.1, 0.15) is 0 Å². The van der Waals surface area contributed by atoms with Crippen LogP contribution < -0.4 is 28.9 Å². The number of esters is 2. The van der Waals surface area contributed by atoms with E-state index in [1.165, 1.54) is 19.1 Å². The van der Waals surface area contributed by atoms with E-state index in [1.807, 2.05) is 0 Å². The van der Waals surface area contributed by atoms with Crippen molar-refractivity contribution in [1.82, 2.24) is 0 Å². The minimum atomic E-state index is -0.540. The molecule has 1 heterocycles. The van der Waals surface area contributed by atoms with Crippen LogP contribution in [0.25, 0.3) is 0 Å². The predicted molar refractivity (Wildman–Crippen MR) is 81.4 cm³/mol. The van der Waals surface area contributed by atoms with Gasteiger partial charge in [-0.3, -0.25) is 0 Å². The lowest BCUT2D eigenvalue weighted by molar-refractivity contribution is -0.741. The summed E-state index contributed by atoms with van der Waals surface area (Å²) in [5.74, 6) is 0.0749. The molecule has 1 unspecified atom stereocenters. The third kappa shape index (κ3) is 3.25. The van der Waals surface area contributed by atoms with E-state index in [0.717, 1.165) is 30.3 Å². The van der Waals surface area contributed by atoms with Crippen LogP contribution in [-0.2, 0) is 9.47 Å². The van der Waals surface area contributed by atoms with E-state index in [0.29, 0.717) is 0 Å². The second-order valence-electron chi connectivity index (χ2n) is 5.06. The van der Waals surface area contributed by atoms with Gasteiger partial charge in [0, 0.05) is 12.1 Å². The first-order valence-corrected chi connectivity index (χ1v) is 7.32. The van der Waals surface area contributed by atoms with Gasteiger partial charge in [0.05, 0.1) is 38.8 Å². The van der Waals surface area contributed by atoms with E-state index in [9.17, 15) is 9.59 Å². The Hall–Kier alpha value is -1.48. The number of nitrogens with zero attached hydrogens (tertiary/aromatic N) is 1. The van der Waals surface area contributed by atoms with Crippen molar-refractivity contribution < 1.29 is 52.5 Å². The number of fused-ring (bicyclic) bond motifs is 1. The van der Waals surface area contributed by atoms with Crippen molar-refractivity contribution in [2.75, 3.05) is 27.3 Å². The number of ether oxygens (including phenoxy) is 2. The number of carbonyl (C=O) groups excluding carboxylic acids is 2. The molecule has 1 aliphatic rings. The molecule has 1 aromatic rings. The number of methoxy groups -OCH3 is 2. The van der Waals surface area contributed by atoms with Crippen LogP contribution in [0.15, 0.2) is 12.1 Å². The standard InChI is InChI=1S/C16H21N2O4.HI/c1-6-17-10(3)18(7-2)14-9-12(16(20)22-5)11(8-13(14)17)15(19)21-4;/h8-9H,6-7H2,1-5H3;1H/q+1;. The number of rotatable bonds is 4. The van der Waals surface area contributed by atoms with Gasteiger partial charge in [0.2, 0.25) is 5.69 Å². The number of quaternary nitrogens is 1. The van der Waals surface area contributed by atoms with Crippen LogP contribution in [0.4, 0.5) is 11.4 Å². The van der Waals surface area contributed by atoms with E-state index >= 15 is 0 Å². The van der Waals surface area contributed by atoms with Gasteiger partial charge in [-0.05, 0) is 13.8 Å². The first kappa shape index (κ1) is 19.6. The summed E-state index contributed by atoms with van der Waals surface area (Å²) in [5, 5.41) is 0. The summed E-state index contributed by atoms with van der Waals surface area (Å²) in [4.78, 5) is 25.2. The number of benzene rings is 1. The first-order chi connectivity index (χ1) is 10.5. The molecule has 23 heavy (non-hydrogen) atoms. The molecule has 1 atom stereocenters. The largest absolute Gasteiger partial charge is 1.00 e. The summed E-state index contributed by atoms with van der Waals surface area (Å²) in [6.07, 6.45) is 0. The number of hydrogen-bond donors (Lipinski definition) is 1. The molecule has 2 rings (SSSR count). The van der Waals surface area contributed by atoms with Crippen molar-refractivity contribution in [2.24, 2.45) is 0 Å². The zero-order valence-corrected chi connectivity index (χ0v) is 16.2.